The fourth-order valence-corrected chi connectivity index (χ4v) is 9.96. The van der Waals surface area contributed by atoms with E-state index in [0.717, 1.165) is 67.4 Å². The number of hydrogen-bond acceptors (Lipinski definition) is 3. The van der Waals surface area contributed by atoms with Crippen LogP contribution < -0.4 is 0 Å². The molecular weight excluding hydrogens is 418 g/mol. The van der Waals surface area contributed by atoms with Crippen LogP contribution in [-0.4, -0.2) is 20.8 Å². The van der Waals surface area contributed by atoms with Crippen molar-refractivity contribution >= 4 is 0 Å². The largest absolute Gasteiger partial charge is 0.390 e. The number of pyridine rings is 1. The minimum absolute atomic E-state index is 0.395. The highest BCUT2D eigenvalue weighted by Gasteiger charge is 2.61. The SMILES string of the molecule is CC[C@]1(O)CC[C@@]2(C)[C@@H](CC[C@@H]3[C@@H]2CC[C@]2(C)[C@@H]([C@H](C)CC[C@H](O)c4ccccn4)CC[C@@H]32)C1. The molecule has 0 radical (unpaired) electrons. The third kappa shape index (κ3) is 4.07. The van der Waals surface area contributed by atoms with Crippen LogP contribution in [0.1, 0.15) is 117 Å². The number of aliphatic hydroxyl groups excluding tert-OH is 1. The van der Waals surface area contributed by atoms with E-state index in [2.05, 4.69) is 32.7 Å². The number of nitrogens with zero attached hydrogens (tertiary/aromatic N) is 1. The van der Waals surface area contributed by atoms with Crippen molar-refractivity contribution in [2.45, 2.75) is 116 Å². The molecule has 190 valence electrons. The summed E-state index contributed by atoms with van der Waals surface area (Å²) in [6.45, 7) is 9.89. The summed E-state index contributed by atoms with van der Waals surface area (Å²) in [4.78, 5) is 4.37. The van der Waals surface area contributed by atoms with E-state index in [1.54, 1.807) is 6.20 Å². The van der Waals surface area contributed by atoms with Crippen LogP contribution in [0.4, 0.5) is 0 Å². The van der Waals surface area contributed by atoms with E-state index in [1.165, 1.54) is 44.9 Å². The summed E-state index contributed by atoms with van der Waals surface area (Å²) in [6.07, 6.45) is 15.8. The fraction of sp³-hybridized carbons (Fsp3) is 0.839. The molecule has 5 rings (SSSR count). The second kappa shape index (κ2) is 9.18. The second-order valence-electron chi connectivity index (χ2n) is 13.5. The van der Waals surface area contributed by atoms with Gasteiger partial charge in [-0.15, -0.1) is 0 Å². The Morgan fingerprint density at radius 1 is 0.971 bits per heavy atom. The Kier molecular flexibility index (Phi) is 6.68. The minimum atomic E-state index is -0.437. The molecule has 0 aromatic carbocycles. The molecule has 1 aromatic heterocycles. The summed E-state index contributed by atoms with van der Waals surface area (Å²) < 4.78 is 0. The van der Waals surface area contributed by atoms with Crippen LogP contribution in [0.2, 0.25) is 0 Å². The van der Waals surface area contributed by atoms with Crippen molar-refractivity contribution in [1.82, 2.24) is 4.98 Å². The van der Waals surface area contributed by atoms with Gasteiger partial charge in [0.1, 0.15) is 0 Å². The van der Waals surface area contributed by atoms with Gasteiger partial charge in [-0.25, -0.2) is 0 Å². The Bertz CT molecular complexity index is 843. The molecule has 0 bridgehead atoms. The number of rotatable bonds is 6. The van der Waals surface area contributed by atoms with Crippen molar-refractivity contribution in [3.05, 3.63) is 30.1 Å². The summed E-state index contributed by atoms with van der Waals surface area (Å²) in [7, 11) is 0. The Morgan fingerprint density at radius 3 is 2.50 bits per heavy atom. The number of aromatic nitrogens is 1. The Balaban J connectivity index is 1.25. The highest BCUT2D eigenvalue weighted by molar-refractivity contribution is 5.11. The van der Waals surface area contributed by atoms with Crippen molar-refractivity contribution in [2.75, 3.05) is 0 Å². The van der Waals surface area contributed by atoms with Gasteiger partial charge in [-0.05, 0) is 136 Å². The van der Waals surface area contributed by atoms with E-state index < -0.39 is 11.7 Å². The second-order valence-corrected chi connectivity index (χ2v) is 13.5. The van der Waals surface area contributed by atoms with Gasteiger partial charge in [0.2, 0.25) is 0 Å². The van der Waals surface area contributed by atoms with E-state index in [1.807, 2.05) is 18.2 Å². The maximum atomic E-state index is 11.1. The lowest BCUT2D eigenvalue weighted by atomic mass is 9.43. The van der Waals surface area contributed by atoms with Crippen molar-refractivity contribution in [1.29, 1.82) is 0 Å². The molecule has 34 heavy (non-hydrogen) atoms. The molecule has 0 amide bonds. The van der Waals surface area contributed by atoms with Crippen molar-refractivity contribution < 1.29 is 10.2 Å². The molecular formula is C31H49NO2. The van der Waals surface area contributed by atoms with E-state index >= 15 is 0 Å². The van der Waals surface area contributed by atoms with Gasteiger partial charge >= 0.3 is 0 Å². The number of hydrogen-bond donors (Lipinski definition) is 2. The molecule has 0 unspecified atom stereocenters. The fourth-order valence-electron chi connectivity index (χ4n) is 9.96. The zero-order valence-corrected chi connectivity index (χ0v) is 22.2. The Labute approximate surface area is 208 Å². The van der Waals surface area contributed by atoms with E-state index in [4.69, 9.17) is 0 Å². The topological polar surface area (TPSA) is 53.4 Å². The number of aliphatic hydroxyl groups is 2. The van der Waals surface area contributed by atoms with Gasteiger partial charge in [0.25, 0.3) is 0 Å². The first-order valence-corrected chi connectivity index (χ1v) is 14.5. The molecule has 3 nitrogen and oxygen atoms in total. The number of fused-ring (bicyclic) bond motifs is 5. The zero-order valence-electron chi connectivity index (χ0n) is 22.2. The van der Waals surface area contributed by atoms with Gasteiger partial charge in [-0.3, -0.25) is 4.98 Å². The quantitative estimate of drug-likeness (QED) is 0.460. The van der Waals surface area contributed by atoms with E-state index in [9.17, 15) is 10.2 Å². The van der Waals surface area contributed by atoms with Gasteiger partial charge in [-0.1, -0.05) is 33.8 Å². The summed E-state index contributed by atoms with van der Waals surface area (Å²) in [5.41, 5.74) is 1.34. The van der Waals surface area contributed by atoms with Crippen molar-refractivity contribution in [3.8, 4) is 0 Å². The zero-order chi connectivity index (χ0) is 24.1. The van der Waals surface area contributed by atoms with Crippen LogP contribution in [-0.2, 0) is 0 Å². The normalized spacial score (nSPS) is 45.6. The highest BCUT2D eigenvalue weighted by Crippen LogP contribution is 2.69. The maximum absolute atomic E-state index is 11.1. The van der Waals surface area contributed by atoms with Crippen molar-refractivity contribution in [3.63, 3.8) is 0 Å². The third-order valence-electron chi connectivity index (χ3n) is 12.2. The molecule has 4 saturated carbocycles. The summed E-state index contributed by atoms with van der Waals surface area (Å²) in [5, 5.41) is 21.7. The van der Waals surface area contributed by atoms with E-state index in [0.29, 0.717) is 16.7 Å². The maximum Gasteiger partial charge on any atom is 0.0959 e. The first-order valence-electron chi connectivity index (χ1n) is 14.5. The van der Waals surface area contributed by atoms with Crippen molar-refractivity contribution in [2.24, 2.45) is 46.3 Å². The van der Waals surface area contributed by atoms with Gasteiger partial charge < -0.3 is 10.2 Å². The molecule has 0 aliphatic heterocycles. The van der Waals surface area contributed by atoms with Crippen LogP contribution in [0.5, 0.6) is 0 Å². The van der Waals surface area contributed by atoms with Gasteiger partial charge in [0.15, 0.2) is 0 Å². The van der Waals surface area contributed by atoms with E-state index in [-0.39, 0.29) is 0 Å². The molecule has 10 atom stereocenters. The van der Waals surface area contributed by atoms with Crippen LogP contribution in [0, 0.1) is 46.3 Å². The molecule has 1 heterocycles. The summed E-state index contributed by atoms with van der Waals surface area (Å²) in [6, 6.07) is 5.84. The average Bonchev–Trinajstić information content (AvgIpc) is 3.20. The molecule has 1 aromatic rings. The molecule has 0 saturated heterocycles. The lowest BCUT2D eigenvalue weighted by Gasteiger charge is -2.62. The lowest BCUT2D eigenvalue weighted by molar-refractivity contribution is -0.152. The van der Waals surface area contributed by atoms with Gasteiger partial charge in [-0.2, -0.15) is 0 Å². The molecule has 4 aliphatic rings. The van der Waals surface area contributed by atoms with Crippen LogP contribution >= 0.6 is 0 Å². The van der Waals surface area contributed by atoms with Gasteiger partial charge in [0, 0.05) is 6.20 Å². The Hall–Kier alpha value is -0.930. The monoisotopic (exact) mass is 467 g/mol. The summed E-state index contributed by atoms with van der Waals surface area (Å²) >= 11 is 0. The molecule has 4 fully saturated rings. The molecule has 4 aliphatic carbocycles. The first kappa shape index (κ1) is 24.8. The first-order chi connectivity index (χ1) is 16.2. The smallest absolute Gasteiger partial charge is 0.0959 e. The molecule has 3 heteroatoms. The highest BCUT2D eigenvalue weighted by atomic mass is 16.3. The van der Waals surface area contributed by atoms with Crippen LogP contribution in [0.3, 0.4) is 0 Å². The van der Waals surface area contributed by atoms with Gasteiger partial charge in [0.05, 0.1) is 17.4 Å². The molecule has 0 spiro atoms. The predicted molar refractivity (Wildman–Crippen MR) is 138 cm³/mol. The van der Waals surface area contributed by atoms with Crippen LogP contribution in [0.25, 0.3) is 0 Å². The lowest BCUT2D eigenvalue weighted by Crippen LogP contribution is -2.56. The predicted octanol–water partition coefficient (Wildman–Crippen LogP) is 7.33. The Morgan fingerprint density at radius 2 is 1.76 bits per heavy atom. The molecule has 2 N–H and O–H groups in total. The average molecular weight is 468 g/mol. The standard InChI is InChI=1S/C31H49NO2/c1-5-31(34)18-17-29(3)22(20-31)10-11-23-25-13-12-24(30(25,4)16-15-26(23)29)21(2)9-14-28(33)27-8-6-7-19-32-27/h6-8,19,21-26,28,33-34H,5,9-18,20H2,1-4H3/t21-,22+,23+,24-,25+,26+,28+,29+,30-,31+/m1/s1. The summed E-state index contributed by atoms with van der Waals surface area (Å²) in [5.74, 6) is 4.81. The van der Waals surface area contributed by atoms with Crippen LogP contribution in [0.15, 0.2) is 24.4 Å². The third-order valence-corrected chi connectivity index (χ3v) is 12.2. The minimum Gasteiger partial charge on any atom is -0.390 e.